The highest BCUT2D eigenvalue weighted by atomic mass is 28.4. The summed E-state index contributed by atoms with van der Waals surface area (Å²) in [5.41, 5.74) is 6.94. The Labute approximate surface area is 117 Å². The monoisotopic (exact) mass is 283 g/mol. The van der Waals surface area contributed by atoms with E-state index in [0.717, 1.165) is 19.3 Å². The molecule has 1 rings (SSSR count). The molecule has 0 radical (unpaired) electrons. The Hall–Kier alpha value is -0.723. The van der Waals surface area contributed by atoms with E-state index in [9.17, 15) is 0 Å². The first-order valence-corrected chi connectivity index (χ1v) is 8.44. The van der Waals surface area contributed by atoms with Crippen LogP contribution in [0, 0.1) is 0 Å². The van der Waals surface area contributed by atoms with Gasteiger partial charge in [0, 0.05) is 21.3 Å². The van der Waals surface area contributed by atoms with Crippen molar-refractivity contribution in [2.75, 3.05) is 27.9 Å². The van der Waals surface area contributed by atoms with Crippen molar-refractivity contribution in [2.24, 2.45) is 5.73 Å². The van der Waals surface area contributed by atoms with Gasteiger partial charge in [-0.25, -0.2) is 0 Å². The third-order valence-corrected chi connectivity index (χ3v) is 6.61. The first-order chi connectivity index (χ1) is 9.24. The van der Waals surface area contributed by atoms with E-state index in [4.69, 9.17) is 19.0 Å². The van der Waals surface area contributed by atoms with Crippen LogP contribution in [0.5, 0.6) is 0 Å². The van der Waals surface area contributed by atoms with Gasteiger partial charge >= 0.3 is 8.80 Å². The Balaban J connectivity index is 2.97. The first-order valence-electron chi connectivity index (χ1n) is 6.64. The van der Waals surface area contributed by atoms with Crippen molar-refractivity contribution in [3.63, 3.8) is 0 Å². The largest absolute Gasteiger partial charge is 0.508 e. The molecule has 1 unspecified atom stereocenters. The van der Waals surface area contributed by atoms with E-state index in [1.807, 2.05) is 18.2 Å². The second-order valence-electron chi connectivity index (χ2n) is 4.46. The third-order valence-electron chi connectivity index (χ3n) is 3.43. The lowest BCUT2D eigenvalue weighted by atomic mass is 10.1. The molecule has 0 fully saturated rings. The molecule has 0 amide bonds. The second kappa shape index (κ2) is 8.45. The SMILES string of the molecule is CO[Si](OC)(OC)C(CCCCN)c1ccccc1. The van der Waals surface area contributed by atoms with Gasteiger partial charge < -0.3 is 19.0 Å². The van der Waals surface area contributed by atoms with Crippen molar-refractivity contribution in [1.29, 1.82) is 0 Å². The molecule has 2 N–H and O–H groups in total. The van der Waals surface area contributed by atoms with Crippen LogP contribution in [0.25, 0.3) is 0 Å². The molecule has 0 spiro atoms. The number of benzene rings is 1. The minimum Gasteiger partial charge on any atom is -0.376 e. The summed E-state index contributed by atoms with van der Waals surface area (Å²) in [4.78, 5) is 0. The van der Waals surface area contributed by atoms with Crippen molar-refractivity contribution in [1.82, 2.24) is 0 Å². The molecule has 0 bridgehead atoms. The zero-order valence-electron chi connectivity index (χ0n) is 12.1. The van der Waals surface area contributed by atoms with E-state index < -0.39 is 8.80 Å². The molecule has 5 heteroatoms. The molecule has 0 saturated carbocycles. The molecule has 0 heterocycles. The van der Waals surface area contributed by atoms with Crippen molar-refractivity contribution in [3.8, 4) is 0 Å². The fraction of sp³-hybridized carbons (Fsp3) is 0.571. The average Bonchev–Trinajstić information content (AvgIpc) is 2.48. The van der Waals surface area contributed by atoms with E-state index in [2.05, 4.69) is 12.1 Å². The van der Waals surface area contributed by atoms with Gasteiger partial charge in [-0.15, -0.1) is 0 Å². The summed E-state index contributed by atoms with van der Waals surface area (Å²) in [5.74, 6) is 0. The molecule has 19 heavy (non-hydrogen) atoms. The highest BCUT2D eigenvalue weighted by Gasteiger charge is 2.47. The summed E-state index contributed by atoms with van der Waals surface area (Å²) in [6.07, 6.45) is 3.01. The number of unbranched alkanes of at least 4 members (excludes halogenated alkanes) is 1. The Morgan fingerprint density at radius 2 is 1.58 bits per heavy atom. The lowest BCUT2D eigenvalue weighted by Gasteiger charge is -2.32. The molecule has 0 aliphatic rings. The van der Waals surface area contributed by atoms with Gasteiger partial charge in [-0.05, 0) is 24.9 Å². The lowest BCUT2D eigenvalue weighted by Crippen LogP contribution is -2.49. The Morgan fingerprint density at radius 1 is 1.00 bits per heavy atom. The van der Waals surface area contributed by atoms with E-state index in [0.29, 0.717) is 6.54 Å². The zero-order valence-corrected chi connectivity index (χ0v) is 13.1. The van der Waals surface area contributed by atoms with Crippen LogP contribution in [0.15, 0.2) is 30.3 Å². The van der Waals surface area contributed by atoms with Crippen molar-refractivity contribution in [2.45, 2.75) is 24.8 Å². The van der Waals surface area contributed by atoms with Crippen LogP contribution in [0.2, 0.25) is 0 Å². The average molecular weight is 283 g/mol. The maximum Gasteiger partial charge on any atom is 0.508 e. The van der Waals surface area contributed by atoms with E-state index >= 15 is 0 Å². The van der Waals surface area contributed by atoms with E-state index in [1.54, 1.807) is 21.3 Å². The van der Waals surface area contributed by atoms with Gasteiger partial charge in [0.1, 0.15) is 0 Å². The number of rotatable bonds is 9. The Morgan fingerprint density at radius 3 is 2.05 bits per heavy atom. The third kappa shape index (κ3) is 4.12. The minimum absolute atomic E-state index is 0.153. The standard InChI is InChI=1S/C14H25NO3Si/c1-16-19(17-2,18-3)14(11-7-8-12-15)13-9-5-4-6-10-13/h4-6,9-10,14H,7-8,11-12,15H2,1-3H3. The molecule has 1 aromatic rings. The summed E-state index contributed by atoms with van der Waals surface area (Å²) in [6, 6.07) is 10.3. The second-order valence-corrected chi connectivity index (χ2v) is 7.59. The van der Waals surface area contributed by atoms with Crippen molar-refractivity contribution >= 4 is 8.80 Å². The molecular weight excluding hydrogens is 258 g/mol. The van der Waals surface area contributed by atoms with Gasteiger partial charge in [-0.3, -0.25) is 0 Å². The maximum atomic E-state index is 5.65. The predicted molar refractivity (Wildman–Crippen MR) is 78.9 cm³/mol. The van der Waals surface area contributed by atoms with Crippen LogP contribution in [-0.4, -0.2) is 36.7 Å². The van der Waals surface area contributed by atoms with Crippen LogP contribution in [0.4, 0.5) is 0 Å². The molecule has 0 saturated heterocycles. The maximum absolute atomic E-state index is 5.65. The van der Waals surface area contributed by atoms with Crippen LogP contribution in [0.3, 0.4) is 0 Å². The van der Waals surface area contributed by atoms with Crippen molar-refractivity contribution in [3.05, 3.63) is 35.9 Å². The topological polar surface area (TPSA) is 53.7 Å². The summed E-state index contributed by atoms with van der Waals surface area (Å²) >= 11 is 0. The van der Waals surface area contributed by atoms with Gasteiger partial charge in [0.2, 0.25) is 0 Å². The molecule has 1 aromatic carbocycles. The van der Waals surface area contributed by atoms with Crippen molar-refractivity contribution < 1.29 is 13.3 Å². The fourth-order valence-corrected chi connectivity index (χ4v) is 4.91. The first kappa shape index (κ1) is 16.3. The molecule has 0 aliphatic heterocycles. The van der Waals surface area contributed by atoms with Crippen LogP contribution < -0.4 is 5.73 Å². The summed E-state index contributed by atoms with van der Waals surface area (Å²) in [6.45, 7) is 0.711. The van der Waals surface area contributed by atoms with Crippen LogP contribution >= 0.6 is 0 Å². The zero-order chi connectivity index (χ0) is 14.1. The molecular formula is C14H25NO3Si. The summed E-state index contributed by atoms with van der Waals surface area (Å²) in [7, 11) is 2.32. The molecule has 0 aliphatic carbocycles. The fourth-order valence-electron chi connectivity index (χ4n) is 2.40. The van der Waals surface area contributed by atoms with E-state index in [1.165, 1.54) is 5.56 Å². The quantitative estimate of drug-likeness (QED) is 0.558. The van der Waals surface area contributed by atoms with Gasteiger partial charge in [-0.1, -0.05) is 36.8 Å². The highest BCUT2D eigenvalue weighted by molar-refractivity contribution is 6.62. The lowest BCUT2D eigenvalue weighted by molar-refractivity contribution is 0.110. The predicted octanol–water partition coefficient (Wildman–Crippen LogP) is 2.32. The van der Waals surface area contributed by atoms with Gasteiger partial charge in [0.05, 0.1) is 5.54 Å². The minimum atomic E-state index is -2.68. The normalized spacial score (nSPS) is 13.5. The van der Waals surface area contributed by atoms with Crippen LogP contribution in [0.1, 0.15) is 30.4 Å². The summed E-state index contributed by atoms with van der Waals surface area (Å²) < 4.78 is 16.9. The molecule has 108 valence electrons. The van der Waals surface area contributed by atoms with Gasteiger partial charge in [-0.2, -0.15) is 0 Å². The van der Waals surface area contributed by atoms with E-state index in [-0.39, 0.29) is 5.54 Å². The number of nitrogens with two attached hydrogens (primary N) is 1. The Bertz CT molecular complexity index is 336. The van der Waals surface area contributed by atoms with Crippen LogP contribution in [-0.2, 0) is 13.3 Å². The highest BCUT2D eigenvalue weighted by Crippen LogP contribution is 2.33. The summed E-state index contributed by atoms with van der Waals surface area (Å²) in [5, 5.41) is 0. The number of hydrogen-bond acceptors (Lipinski definition) is 4. The molecule has 4 nitrogen and oxygen atoms in total. The molecule has 0 aromatic heterocycles. The Kier molecular flexibility index (Phi) is 7.26. The molecule has 1 atom stereocenters. The smallest absolute Gasteiger partial charge is 0.376 e. The number of hydrogen-bond donors (Lipinski definition) is 1. The van der Waals surface area contributed by atoms with Gasteiger partial charge in [0.25, 0.3) is 0 Å². The van der Waals surface area contributed by atoms with Gasteiger partial charge in [0.15, 0.2) is 0 Å².